The van der Waals surface area contributed by atoms with Crippen LogP contribution in [0.3, 0.4) is 0 Å². The maximum Gasteiger partial charge on any atom is 0.230 e. The fraction of sp³-hybridized carbons (Fsp3) is 0.875. The third-order valence-corrected chi connectivity index (χ3v) is 2.03. The summed E-state index contributed by atoms with van der Waals surface area (Å²) in [5.74, 6) is 0.594. The summed E-state index contributed by atoms with van der Waals surface area (Å²) in [5.41, 5.74) is 0. The van der Waals surface area contributed by atoms with E-state index in [9.17, 15) is 4.79 Å². The van der Waals surface area contributed by atoms with Gasteiger partial charge < -0.3 is 10.4 Å². The van der Waals surface area contributed by atoms with Crippen molar-refractivity contribution in [2.75, 3.05) is 18.6 Å². The van der Waals surface area contributed by atoms with Crippen LogP contribution in [0.15, 0.2) is 0 Å². The second-order valence-electron chi connectivity index (χ2n) is 2.77. The Hall–Kier alpha value is -0.220. The number of thioether (sulfide) groups is 1. The summed E-state index contributed by atoms with van der Waals surface area (Å²) in [6.07, 6.45) is 3.50. The van der Waals surface area contributed by atoms with Crippen LogP contribution in [0.1, 0.15) is 19.8 Å². The summed E-state index contributed by atoms with van der Waals surface area (Å²) in [7, 11) is 0. The predicted octanol–water partition coefficient (Wildman–Crippen LogP) is 0.627. The monoisotopic (exact) mass is 191 g/mol. The molecule has 0 spiro atoms. The molecule has 12 heavy (non-hydrogen) atoms. The minimum Gasteiger partial charge on any atom is -0.396 e. The van der Waals surface area contributed by atoms with E-state index in [0.29, 0.717) is 5.75 Å². The second-order valence-corrected chi connectivity index (χ2v) is 3.63. The first kappa shape index (κ1) is 11.8. The van der Waals surface area contributed by atoms with E-state index >= 15 is 0 Å². The van der Waals surface area contributed by atoms with Gasteiger partial charge in [-0.3, -0.25) is 4.79 Å². The molecule has 0 aromatic rings. The first-order valence-corrected chi connectivity index (χ1v) is 5.49. The van der Waals surface area contributed by atoms with Crippen molar-refractivity contribution in [3.8, 4) is 0 Å². The minimum absolute atomic E-state index is 0.0768. The number of rotatable bonds is 6. The van der Waals surface area contributed by atoms with Crippen LogP contribution in [-0.2, 0) is 4.79 Å². The molecule has 0 radical (unpaired) electrons. The molecule has 3 nitrogen and oxygen atoms in total. The van der Waals surface area contributed by atoms with Gasteiger partial charge in [0.2, 0.25) is 5.91 Å². The molecule has 0 aromatic carbocycles. The van der Waals surface area contributed by atoms with Crippen molar-refractivity contribution in [2.24, 2.45) is 0 Å². The van der Waals surface area contributed by atoms with Crippen molar-refractivity contribution in [3.05, 3.63) is 0 Å². The Balaban J connectivity index is 3.40. The summed E-state index contributed by atoms with van der Waals surface area (Å²) in [6, 6.07) is 0.178. The predicted molar refractivity (Wildman–Crippen MR) is 52.3 cm³/mol. The summed E-state index contributed by atoms with van der Waals surface area (Å²) < 4.78 is 0. The molecule has 1 amide bonds. The van der Waals surface area contributed by atoms with E-state index in [1.54, 1.807) is 0 Å². The quantitative estimate of drug-likeness (QED) is 0.647. The number of amides is 1. The molecule has 72 valence electrons. The zero-order chi connectivity index (χ0) is 9.40. The number of aliphatic hydroxyl groups is 1. The van der Waals surface area contributed by atoms with E-state index in [2.05, 4.69) is 5.32 Å². The molecule has 0 heterocycles. The molecule has 0 saturated heterocycles. The summed E-state index contributed by atoms with van der Waals surface area (Å²) in [5, 5.41) is 11.4. The summed E-state index contributed by atoms with van der Waals surface area (Å²) >= 11 is 1.51. The van der Waals surface area contributed by atoms with Crippen LogP contribution in [0.2, 0.25) is 0 Å². The molecule has 0 fully saturated rings. The SMILES string of the molecule is CSCC(=O)NC(C)CCCO. The van der Waals surface area contributed by atoms with Gasteiger partial charge in [-0.2, -0.15) is 11.8 Å². The average molecular weight is 191 g/mol. The van der Waals surface area contributed by atoms with Crippen LogP contribution in [0.25, 0.3) is 0 Å². The molecule has 2 N–H and O–H groups in total. The van der Waals surface area contributed by atoms with Crippen LogP contribution in [0.4, 0.5) is 0 Å². The van der Waals surface area contributed by atoms with Gasteiger partial charge in [0.25, 0.3) is 0 Å². The zero-order valence-corrected chi connectivity index (χ0v) is 8.49. The highest BCUT2D eigenvalue weighted by atomic mass is 32.2. The highest BCUT2D eigenvalue weighted by molar-refractivity contribution is 7.99. The molecule has 1 unspecified atom stereocenters. The highest BCUT2D eigenvalue weighted by Gasteiger charge is 2.05. The second kappa shape index (κ2) is 7.43. The Morgan fingerprint density at radius 3 is 2.83 bits per heavy atom. The van der Waals surface area contributed by atoms with Gasteiger partial charge in [-0.25, -0.2) is 0 Å². The van der Waals surface area contributed by atoms with Crippen LogP contribution in [0, 0.1) is 0 Å². The normalized spacial score (nSPS) is 12.6. The Morgan fingerprint density at radius 2 is 2.33 bits per heavy atom. The molecule has 0 aliphatic rings. The Morgan fingerprint density at radius 1 is 1.67 bits per heavy atom. The van der Waals surface area contributed by atoms with Gasteiger partial charge in [-0.1, -0.05) is 0 Å². The van der Waals surface area contributed by atoms with E-state index in [1.165, 1.54) is 11.8 Å². The standard InChI is InChI=1S/C8H17NO2S/c1-7(4-3-5-10)9-8(11)6-12-2/h7,10H,3-6H2,1-2H3,(H,9,11). The van der Waals surface area contributed by atoms with Gasteiger partial charge in [0, 0.05) is 12.6 Å². The fourth-order valence-electron chi connectivity index (χ4n) is 0.917. The molecule has 0 bridgehead atoms. The molecule has 0 saturated carbocycles. The molecular formula is C8H17NO2S. The van der Waals surface area contributed by atoms with Gasteiger partial charge in [0.15, 0.2) is 0 Å². The van der Waals surface area contributed by atoms with Crippen molar-refractivity contribution in [1.82, 2.24) is 5.32 Å². The summed E-state index contributed by atoms with van der Waals surface area (Å²) in [4.78, 5) is 11.0. The lowest BCUT2D eigenvalue weighted by molar-refractivity contribution is -0.119. The van der Waals surface area contributed by atoms with Crippen molar-refractivity contribution >= 4 is 17.7 Å². The molecule has 0 aliphatic heterocycles. The maximum atomic E-state index is 11.0. The van der Waals surface area contributed by atoms with E-state index in [-0.39, 0.29) is 18.6 Å². The molecule has 0 rings (SSSR count). The molecule has 1 atom stereocenters. The van der Waals surface area contributed by atoms with Crippen molar-refractivity contribution in [3.63, 3.8) is 0 Å². The number of hydrogen-bond donors (Lipinski definition) is 2. The number of hydrogen-bond acceptors (Lipinski definition) is 3. The van der Waals surface area contributed by atoms with Gasteiger partial charge in [-0.15, -0.1) is 0 Å². The molecule has 0 aliphatic carbocycles. The largest absolute Gasteiger partial charge is 0.396 e. The number of aliphatic hydroxyl groups excluding tert-OH is 1. The van der Waals surface area contributed by atoms with Gasteiger partial charge in [0.1, 0.15) is 0 Å². The first-order chi connectivity index (χ1) is 5.70. The van der Waals surface area contributed by atoms with Crippen LogP contribution in [-0.4, -0.2) is 35.7 Å². The van der Waals surface area contributed by atoms with Crippen molar-refractivity contribution in [2.45, 2.75) is 25.8 Å². The maximum absolute atomic E-state index is 11.0. The molecule has 4 heteroatoms. The van der Waals surface area contributed by atoms with E-state index < -0.39 is 0 Å². The lowest BCUT2D eigenvalue weighted by atomic mass is 10.2. The molecule has 0 aromatic heterocycles. The topological polar surface area (TPSA) is 49.3 Å². The average Bonchev–Trinajstić information content (AvgIpc) is 2.01. The smallest absolute Gasteiger partial charge is 0.230 e. The third-order valence-electron chi connectivity index (χ3n) is 1.48. The van der Waals surface area contributed by atoms with Crippen LogP contribution in [0.5, 0.6) is 0 Å². The van der Waals surface area contributed by atoms with E-state index in [0.717, 1.165) is 12.8 Å². The number of carbonyl (C=O) groups excluding carboxylic acids is 1. The Bertz CT molecular complexity index is 130. The van der Waals surface area contributed by atoms with Crippen molar-refractivity contribution < 1.29 is 9.90 Å². The molecular weight excluding hydrogens is 174 g/mol. The third kappa shape index (κ3) is 6.49. The van der Waals surface area contributed by atoms with Crippen LogP contribution >= 0.6 is 11.8 Å². The minimum atomic E-state index is 0.0768. The van der Waals surface area contributed by atoms with Gasteiger partial charge in [0.05, 0.1) is 5.75 Å². The van der Waals surface area contributed by atoms with E-state index in [4.69, 9.17) is 5.11 Å². The number of carbonyl (C=O) groups is 1. The zero-order valence-electron chi connectivity index (χ0n) is 7.67. The Labute approximate surface area is 77.9 Å². The lowest BCUT2D eigenvalue weighted by Crippen LogP contribution is -2.33. The van der Waals surface area contributed by atoms with Crippen LogP contribution < -0.4 is 5.32 Å². The van der Waals surface area contributed by atoms with Gasteiger partial charge in [-0.05, 0) is 26.0 Å². The highest BCUT2D eigenvalue weighted by Crippen LogP contribution is 1.96. The fourth-order valence-corrected chi connectivity index (χ4v) is 1.26. The number of nitrogens with one attached hydrogen (secondary N) is 1. The first-order valence-electron chi connectivity index (χ1n) is 4.10. The lowest BCUT2D eigenvalue weighted by Gasteiger charge is -2.12. The van der Waals surface area contributed by atoms with Crippen molar-refractivity contribution in [1.29, 1.82) is 0 Å². The van der Waals surface area contributed by atoms with Gasteiger partial charge >= 0.3 is 0 Å². The summed E-state index contributed by atoms with van der Waals surface area (Å²) in [6.45, 7) is 2.15. The van der Waals surface area contributed by atoms with E-state index in [1.807, 2.05) is 13.2 Å². The Kier molecular flexibility index (Phi) is 7.29.